The van der Waals surface area contributed by atoms with Crippen molar-refractivity contribution < 1.29 is 9.18 Å². The van der Waals surface area contributed by atoms with Crippen molar-refractivity contribution in [3.8, 4) is 0 Å². The minimum atomic E-state index is -0.332. The second kappa shape index (κ2) is 8.09. The van der Waals surface area contributed by atoms with Gasteiger partial charge in [0, 0.05) is 12.2 Å². The lowest BCUT2D eigenvalue weighted by atomic mass is 10.3. The predicted molar refractivity (Wildman–Crippen MR) is 89.0 cm³/mol. The van der Waals surface area contributed by atoms with E-state index >= 15 is 0 Å². The van der Waals surface area contributed by atoms with Crippen LogP contribution in [0.25, 0.3) is 0 Å². The van der Waals surface area contributed by atoms with Crippen molar-refractivity contribution in [1.82, 2.24) is 10.2 Å². The molecule has 0 aliphatic rings. The van der Waals surface area contributed by atoms with Gasteiger partial charge in [-0.3, -0.25) is 4.79 Å². The van der Waals surface area contributed by atoms with Gasteiger partial charge in [0.25, 0.3) is 0 Å². The zero-order valence-corrected chi connectivity index (χ0v) is 13.9. The number of halogens is 1. The molecule has 5 nitrogen and oxygen atoms in total. The second-order valence-electron chi connectivity index (χ2n) is 4.56. The quantitative estimate of drug-likeness (QED) is 0.754. The number of amides is 1. The Kier molecular flexibility index (Phi) is 6.14. The van der Waals surface area contributed by atoms with Crippen LogP contribution in [0.3, 0.4) is 0 Å². The molecule has 0 saturated heterocycles. The number of thioether (sulfide) groups is 1. The lowest BCUT2D eigenvalue weighted by Crippen LogP contribution is -2.22. The van der Waals surface area contributed by atoms with Crippen LogP contribution in [0.2, 0.25) is 0 Å². The molecule has 1 heterocycles. The van der Waals surface area contributed by atoms with Gasteiger partial charge in [-0.25, -0.2) is 4.39 Å². The fourth-order valence-electron chi connectivity index (χ4n) is 1.54. The highest BCUT2D eigenvalue weighted by Gasteiger charge is 2.17. The standard InChI is InChI=1S/C14H17FN4OS2/c1-3-8-16-13-18-19-14(22-13)21-9(2)12(20)17-11-6-4-10(15)5-7-11/h4-7,9H,3,8H2,1-2H3,(H,16,18)(H,17,20)/t9-/m1/s1. The number of rotatable bonds is 7. The van der Waals surface area contributed by atoms with Crippen LogP contribution in [0.4, 0.5) is 15.2 Å². The topological polar surface area (TPSA) is 66.9 Å². The maximum Gasteiger partial charge on any atom is 0.237 e. The van der Waals surface area contributed by atoms with Crippen molar-refractivity contribution in [2.75, 3.05) is 17.2 Å². The van der Waals surface area contributed by atoms with Crippen molar-refractivity contribution in [2.45, 2.75) is 29.9 Å². The molecule has 0 saturated carbocycles. The van der Waals surface area contributed by atoms with Crippen LogP contribution in [-0.2, 0) is 4.79 Å². The average molecular weight is 340 g/mol. The normalized spacial score (nSPS) is 12.0. The Morgan fingerprint density at radius 2 is 2.09 bits per heavy atom. The average Bonchev–Trinajstić information content (AvgIpc) is 2.95. The molecule has 0 aliphatic carbocycles. The maximum atomic E-state index is 12.8. The summed E-state index contributed by atoms with van der Waals surface area (Å²) < 4.78 is 13.6. The lowest BCUT2D eigenvalue weighted by Gasteiger charge is -2.10. The van der Waals surface area contributed by atoms with E-state index in [1.807, 2.05) is 0 Å². The molecule has 0 radical (unpaired) electrons. The predicted octanol–water partition coefficient (Wildman–Crippen LogP) is 3.62. The van der Waals surface area contributed by atoms with Crippen LogP contribution in [0.15, 0.2) is 28.6 Å². The van der Waals surface area contributed by atoms with Crippen LogP contribution in [-0.4, -0.2) is 27.9 Å². The third kappa shape index (κ3) is 4.96. The first-order valence-electron chi connectivity index (χ1n) is 6.89. The summed E-state index contributed by atoms with van der Waals surface area (Å²) >= 11 is 2.77. The van der Waals surface area contributed by atoms with Crippen LogP contribution in [0, 0.1) is 5.82 Å². The van der Waals surface area contributed by atoms with Crippen molar-refractivity contribution in [2.24, 2.45) is 0 Å². The number of hydrogen-bond donors (Lipinski definition) is 2. The molecule has 1 amide bonds. The monoisotopic (exact) mass is 340 g/mol. The Labute approximate surface area is 136 Å². The number of anilines is 2. The van der Waals surface area contributed by atoms with Crippen LogP contribution >= 0.6 is 23.1 Å². The molecule has 2 aromatic rings. The summed E-state index contributed by atoms with van der Waals surface area (Å²) in [6.45, 7) is 4.72. The van der Waals surface area contributed by atoms with Gasteiger partial charge >= 0.3 is 0 Å². The second-order valence-corrected chi connectivity index (χ2v) is 7.12. The van der Waals surface area contributed by atoms with Gasteiger partial charge in [0.15, 0.2) is 4.34 Å². The molecule has 0 spiro atoms. The minimum absolute atomic E-state index is 0.158. The van der Waals surface area contributed by atoms with E-state index in [9.17, 15) is 9.18 Å². The van der Waals surface area contributed by atoms with Crippen LogP contribution < -0.4 is 10.6 Å². The summed E-state index contributed by atoms with van der Waals surface area (Å²) in [6, 6.07) is 5.68. The molecule has 1 atom stereocenters. The molecule has 0 unspecified atom stereocenters. The highest BCUT2D eigenvalue weighted by atomic mass is 32.2. The summed E-state index contributed by atoms with van der Waals surface area (Å²) in [6.07, 6.45) is 1.01. The molecule has 118 valence electrons. The SMILES string of the molecule is CCCNc1nnc(S[C@H](C)C(=O)Nc2ccc(F)cc2)s1. The van der Waals surface area contributed by atoms with E-state index in [1.54, 1.807) is 6.92 Å². The van der Waals surface area contributed by atoms with Crippen molar-refractivity contribution in [3.63, 3.8) is 0 Å². The third-order valence-electron chi connectivity index (χ3n) is 2.69. The number of aromatic nitrogens is 2. The van der Waals surface area contributed by atoms with Crippen LogP contribution in [0.1, 0.15) is 20.3 Å². The third-order valence-corrected chi connectivity index (χ3v) is 4.76. The molecule has 0 fully saturated rings. The number of nitrogens with one attached hydrogen (secondary N) is 2. The van der Waals surface area contributed by atoms with E-state index in [4.69, 9.17) is 0 Å². The number of carbonyl (C=O) groups is 1. The summed E-state index contributed by atoms with van der Waals surface area (Å²) in [5.74, 6) is -0.490. The maximum absolute atomic E-state index is 12.8. The van der Waals surface area contributed by atoms with Crippen LogP contribution in [0.5, 0.6) is 0 Å². The van der Waals surface area contributed by atoms with E-state index in [1.165, 1.54) is 47.4 Å². The summed E-state index contributed by atoms with van der Waals surface area (Å²) in [7, 11) is 0. The fourth-order valence-corrected chi connectivity index (χ4v) is 3.46. The Hall–Kier alpha value is -1.67. The van der Waals surface area contributed by atoms with Crippen molar-refractivity contribution >= 4 is 39.8 Å². The van der Waals surface area contributed by atoms with E-state index in [2.05, 4.69) is 27.8 Å². The smallest absolute Gasteiger partial charge is 0.237 e. The first kappa shape index (κ1) is 16.7. The Balaban J connectivity index is 1.87. The molecule has 8 heteroatoms. The molecule has 22 heavy (non-hydrogen) atoms. The van der Waals surface area contributed by atoms with Crippen molar-refractivity contribution in [1.29, 1.82) is 0 Å². The fraction of sp³-hybridized carbons (Fsp3) is 0.357. The number of hydrogen-bond acceptors (Lipinski definition) is 6. The zero-order valence-electron chi connectivity index (χ0n) is 12.3. The highest BCUT2D eigenvalue weighted by Crippen LogP contribution is 2.29. The highest BCUT2D eigenvalue weighted by molar-refractivity contribution is 8.02. The largest absolute Gasteiger partial charge is 0.360 e. The first-order valence-corrected chi connectivity index (χ1v) is 8.58. The summed E-state index contributed by atoms with van der Waals surface area (Å²) in [5, 5.41) is 14.4. The van der Waals surface area contributed by atoms with E-state index < -0.39 is 0 Å². The Morgan fingerprint density at radius 3 is 2.77 bits per heavy atom. The Morgan fingerprint density at radius 1 is 1.36 bits per heavy atom. The minimum Gasteiger partial charge on any atom is -0.360 e. The number of nitrogens with zero attached hydrogens (tertiary/aromatic N) is 2. The molecule has 1 aromatic heterocycles. The molecule has 1 aromatic carbocycles. The number of carbonyl (C=O) groups excluding carboxylic acids is 1. The molecular weight excluding hydrogens is 323 g/mol. The molecule has 0 aliphatic heterocycles. The van der Waals surface area contributed by atoms with E-state index in [-0.39, 0.29) is 17.0 Å². The number of benzene rings is 1. The van der Waals surface area contributed by atoms with Gasteiger partial charge < -0.3 is 10.6 Å². The first-order chi connectivity index (χ1) is 10.6. The summed E-state index contributed by atoms with van der Waals surface area (Å²) in [5.41, 5.74) is 0.571. The molecule has 2 rings (SSSR count). The van der Waals surface area contributed by atoms with Crippen molar-refractivity contribution in [3.05, 3.63) is 30.1 Å². The van der Waals surface area contributed by atoms with Gasteiger partial charge in [-0.05, 0) is 37.6 Å². The zero-order chi connectivity index (χ0) is 15.9. The molecule has 2 N–H and O–H groups in total. The van der Waals surface area contributed by atoms with Gasteiger partial charge in [0.2, 0.25) is 11.0 Å². The van der Waals surface area contributed by atoms with E-state index in [0.29, 0.717) is 5.69 Å². The van der Waals surface area contributed by atoms with Gasteiger partial charge in [0.05, 0.1) is 5.25 Å². The molecular formula is C14H17FN4OS2. The van der Waals surface area contributed by atoms with Gasteiger partial charge in [0.1, 0.15) is 5.82 Å². The van der Waals surface area contributed by atoms with Gasteiger partial charge in [-0.1, -0.05) is 30.0 Å². The lowest BCUT2D eigenvalue weighted by molar-refractivity contribution is -0.115. The van der Waals surface area contributed by atoms with Gasteiger partial charge in [-0.2, -0.15) is 0 Å². The Bertz CT molecular complexity index is 618. The van der Waals surface area contributed by atoms with E-state index in [0.717, 1.165) is 22.4 Å². The van der Waals surface area contributed by atoms with Gasteiger partial charge in [-0.15, -0.1) is 10.2 Å². The summed E-state index contributed by atoms with van der Waals surface area (Å²) in [4.78, 5) is 12.1. The molecule has 0 bridgehead atoms.